The number of fused-ring (bicyclic) bond motifs is 2. The summed E-state index contributed by atoms with van der Waals surface area (Å²) in [5.41, 5.74) is 0.0902. The fourth-order valence-corrected chi connectivity index (χ4v) is 8.43. The van der Waals surface area contributed by atoms with Gasteiger partial charge in [0, 0.05) is 21.0 Å². The molecule has 1 saturated heterocycles. The van der Waals surface area contributed by atoms with Crippen LogP contribution in [0.5, 0.6) is 5.75 Å². The van der Waals surface area contributed by atoms with Crippen LogP contribution >= 0.6 is 39.0 Å². The number of imide groups is 1. The summed E-state index contributed by atoms with van der Waals surface area (Å²) in [4.78, 5) is 55.3. The summed E-state index contributed by atoms with van der Waals surface area (Å²) in [7, 11) is 1.52. The van der Waals surface area contributed by atoms with Crippen LogP contribution in [0.15, 0.2) is 87.1 Å². The van der Waals surface area contributed by atoms with Gasteiger partial charge in [-0.15, -0.1) is 0 Å². The molecule has 226 valence electrons. The van der Waals surface area contributed by atoms with Crippen molar-refractivity contribution in [2.45, 2.75) is 28.9 Å². The number of methoxy groups -OCH3 is 1. The average molecular weight is 705 g/mol. The first-order chi connectivity index (χ1) is 21.0. The number of hydrogen-bond acceptors (Lipinski definition) is 7. The van der Waals surface area contributed by atoms with Gasteiger partial charge in [0.05, 0.1) is 29.3 Å². The number of nitrogens with zero attached hydrogens (tertiary/aromatic N) is 2. The van der Waals surface area contributed by atoms with Gasteiger partial charge in [0.15, 0.2) is 0 Å². The Morgan fingerprint density at radius 1 is 1.00 bits per heavy atom. The Labute approximate surface area is 265 Å². The number of nitrogens with one attached hydrogen (secondary N) is 1. The van der Waals surface area contributed by atoms with E-state index in [1.54, 1.807) is 48.5 Å². The fourth-order valence-electron chi connectivity index (χ4n) is 5.39. The molecule has 0 aliphatic carbocycles. The zero-order valence-electron chi connectivity index (χ0n) is 22.6. The molecule has 1 fully saturated rings. The van der Waals surface area contributed by atoms with Gasteiger partial charge >= 0.3 is 11.0 Å². The number of rotatable bonds is 6. The van der Waals surface area contributed by atoms with Crippen molar-refractivity contribution in [3.05, 3.63) is 103 Å². The number of carbonyl (C=O) groups excluding carboxylic acids is 3. The predicted octanol–water partition coefficient (Wildman–Crippen LogP) is 6.13. The minimum Gasteiger partial charge on any atom is -0.497 e. The number of aromatic nitrogens is 1. The summed E-state index contributed by atoms with van der Waals surface area (Å²) < 4.78 is 46.8. The Morgan fingerprint density at radius 2 is 1.70 bits per heavy atom. The molecule has 0 spiro atoms. The number of hydrogen-bond donors (Lipinski definition) is 1. The fraction of sp³-hybridized carbons (Fsp3) is 0.200. The lowest BCUT2D eigenvalue weighted by atomic mass is 9.83. The number of amides is 3. The molecule has 4 aromatic rings. The molecule has 14 heteroatoms. The van der Waals surface area contributed by atoms with E-state index in [9.17, 15) is 32.3 Å². The Morgan fingerprint density at radius 3 is 2.36 bits per heavy atom. The number of thiazole rings is 1. The van der Waals surface area contributed by atoms with E-state index in [1.165, 1.54) is 23.8 Å². The van der Waals surface area contributed by atoms with Crippen LogP contribution < -0.4 is 19.8 Å². The van der Waals surface area contributed by atoms with Gasteiger partial charge in [-0.2, -0.15) is 13.2 Å². The summed E-state index contributed by atoms with van der Waals surface area (Å²) in [6, 6.07) is 18.0. The van der Waals surface area contributed by atoms with Crippen molar-refractivity contribution in [1.82, 2.24) is 4.57 Å². The molecule has 44 heavy (non-hydrogen) atoms. The van der Waals surface area contributed by atoms with E-state index in [0.29, 0.717) is 26.9 Å². The lowest BCUT2D eigenvalue weighted by Crippen LogP contribution is -2.33. The second-order valence-electron chi connectivity index (χ2n) is 10.1. The summed E-state index contributed by atoms with van der Waals surface area (Å²) in [6.45, 7) is -0.501. The minimum atomic E-state index is -4.59. The van der Waals surface area contributed by atoms with E-state index in [4.69, 9.17) is 4.74 Å². The number of ether oxygens (including phenoxy) is 1. The largest absolute Gasteiger partial charge is 0.497 e. The van der Waals surface area contributed by atoms with E-state index >= 15 is 0 Å². The van der Waals surface area contributed by atoms with Crippen LogP contribution in [0, 0.1) is 5.92 Å². The maximum atomic E-state index is 14.0. The van der Waals surface area contributed by atoms with Crippen molar-refractivity contribution >= 4 is 68.1 Å². The third-order valence-electron chi connectivity index (χ3n) is 7.38. The van der Waals surface area contributed by atoms with Gasteiger partial charge in [-0.05, 0) is 60.2 Å². The van der Waals surface area contributed by atoms with Crippen LogP contribution in [0.4, 0.5) is 24.5 Å². The highest BCUT2D eigenvalue weighted by atomic mass is 79.9. The van der Waals surface area contributed by atoms with E-state index in [1.807, 2.05) is 0 Å². The van der Waals surface area contributed by atoms with Crippen LogP contribution in [0.25, 0.3) is 0 Å². The molecule has 0 saturated carbocycles. The van der Waals surface area contributed by atoms with Gasteiger partial charge in [0.2, 0.25) is 17.7 Å². The lowest BCUT2D eigenvalue weighted by molar-refractivity contribution is -0.137. The summed E-state index contributed by atoms with van der Waals surface area (Å²) in [6.07, 6.45) is -4.59. The van der Waals surface area contributed by atoms with Crippen molar-refractivity contribution in [3.8, 4) is 5.75 Å². The van der Waals surface area contributed by atoms with Gasteiger partial charge in [-0.3, -0.25) is 23.7 Å². The van der Waals surface area contributed by atoms with Crippen LogP contribution in [-0.2, 0) is 27.1 Å². The van der Waals surface area contributed by atoms with E-state index < -0.39 is 58.0 Å². The maximum absolute atomic E-state index is 14.0. The third kappa shape index (κ3) is 5.46. The average Bonchev–Trinajstić information content (AvgIpc) is 3.43. The summed E-state index contributed by atoms with van der Waals surface area (Å²) in [5.74, 6) is -2.50. The smallest absolute Gasteiger partial charge is 0.416 e. The van der Waals surface area contributed by atoms with E-state index in [2.05, 4.69) is 21.2 Å². The van der Waals surface area contributed by atoms with Crippen LogP contribution in [0.2, 0.25) is 0 Å². The van der Waals surface area contributed by atoms with Gasteiger partial charge in [0.25, 0.3) is 0 Å². The molecule has 3 unspecified atom stereocenters. The molecule has 1 N–H and O–H groups in total. The second kappa shape index (κ2) is 11.6. The zero-order chi connectivity index (χ0) is 31.3. The Bertz CT molecular complexity index is 1840. The van der Waals surface area contributed by atoms with E-state index in [0.717, 1.165) is 44.6 Å². The maximum Gasteiger partial charge on any atom is 0.416 e. The highest BCUT2D eigenvalue weighted by Crippen LogP contribution is 2.54. The van der Waals surface area contributed by atoms with Gasteiger partial charge in [0.1, 0.15) is 17.5 Å². The van der Waals surface area contributed by atoms with Crippen molar-refractivity contribution in [1.29, 1.82) is 0 Å². The summed E-state index contributed by atoms with van der Waals surface area (Å²) in [5, 5.41) is 1.90. The first kappa shape index (κ1) is 30.2. The monoisotopic (exact) mass is 703 g/mol. The Kier molecular flexibility index (Phi) is 7.92. The third-order valence-corrected chi connectivity index (χ3v) is 10.5. The van der Waals surface area contributed by atoms with Crippen LogP contribution in [0.1, 0.15) is 21.9 Å². The quantitative estimate of drug-likeness (QED) is 0.243. The first-order valence-corrected chi connectivity index (χ1v) is 15.6. The predicted molar refractivity (Wildman–Crippen MR) is 163 cm³/mol. The summed E-state index contributed by atoms with van der Waals surface area (Å²) >= 11 is 5.28. The number of thioether (sulfide) groups is 1. The molecule has 0 radical (unpaired) electrons. The Hall–Kier alpha value is -3.88. The SMILES string of the molecule is COc1ccc(C2c3sc(=O)n(CC(=O)Nc4cccc(C(F)(F)F)c4)c3SC3C(=O)N(c4ccc(Br)cc4)C(=O)C32)cc1. The molecule has 3 atom stereocenters. The standard InChI is InChI=1S/C30H21BrF3N3O5S2/c1-42-20-11-5-15(6-12-20)22-23-24(27(40)37(26(23)39)19-9-7-17(31)8-10-19)43-28-25(22)44-29(41)36(28)14-21(38)35-18-4-2-3-16(13-18)30(32,33)34/h2-13,22-24H,14H2,1H3,(H,35,38). The molecule has 1 aromatic heterocycles. The molecule has 8 nitrogen and oxygen atoms in total. The van der Waals surface area contributed by atoms with Crippen molar-refractivity contribution < 1.29 is 32.3 Å². The van der Waals surface area contributed by atoms with E-state index in [-0.39, 0.29) is 5.69 Å². The molecule has 2 aliphatic heterocycles. The van der Waals surface area contributed by atoms with Gasteiger partial charge in [-0.1, -0.05) is 57.2 Å². The minimum absolute atomic E-state index is 0.0764. The molecular formula is C30H21BrF3N3O5S2. The topological polar surface area (TPSA) is 97.7 Å². The lowest BCUT2D eigenvalue weighted by Gasteiger charge is -2.30. The Balaban J connectivity index is 1.38. The number of benzene rings is 3. The zero-order valence-corrected chi connectivity index (χ0v) is 25.9. The molecule has 3 heterocycles. The number of halogens is 4. The molecular weight excluding hydrogens is 683 g/mol. The van der Waals surface area contributed by atoms with Crippen molar-refractivity contribution in [2.24, 2.45) is 5.92 Å². The molecule has 6 rings (SSSR count). The first-order valence-electron chi connectivity index (χ1n) is 13.1. The molecule has 0 bridgehead atoms. The molecule has 2 aliphatic rings. The highest BCUT2D eigenvalue weighted by molar-refractivity contribution is 9.10. The van der Waals surface area contributed by atoms with Gasteiger partial charge < -0.3 is 10.1 Å². The van der Waals surface area contributed by atoms with Crippen molar-refractivity contribution in [3.63, 3.8) is 0 Å². The number of alkyl halides is 3. The molecule has 3 aromatic carbocycles. The second-order valence-corrected chi connectivity index (χ2v) is 13.1. The molecule has 3 amide bonds. The van der Waals surface area contributed by atoms with Crippen molar-refractivity contribution in [2.75, 3.05) is 17.3 Å². The van der Waals surface area contributed by atoms with Crippen LogP contribution in [0.3, 0.4) is 0 Å². The number of carbonyl (C=O) groups is 3. The number of anilines is 2. The van der Waals surface area contributed by atoms with Gasteiger partial charge in [-0.25, -0.2) is 4.90 Å². The van der Waals surface area contributed by atoms with Crippen LogP contribution in [-0.4, -0.2) is 34.6 Å². The highest BCUT2D eigenvalue weighted by Gasteiger charge is 2.56. The normalized spacial score (nSPS) is 19.5.